The molecule has 1 heterocycles. The number of amides is 1. The fourth-order valence-electron chi connectivity index (χ4n) is 1.67. The van der Waals surface area contributed by atoms with E-state index in [1.54, 1.807) is 6.92 Å². The van der Waals surface area contributed by atoms with Crippen LogP contribution in [0.15, 0.2) is 4.42 Å². The molecule has 1 amide bonds. The van der Waals surface area contributed by atoms with Crippen molar-refractivity contribution in [2.45, 2.75) is 31.8 Å². The Morgan fingerprint density at radius 1 is 1.58 bits per heavy atom. The first-order valence-electron chi connectivity index (χ1n) is 6.04. The van der Waals surface area contributed by atoms with Crippen molar-refractivity contribution < 1.29 is 23.8 Å². The van der Waals surface area contributed by atoms with E-state index in [0.717, 1.165) is 12.8 Å². The molecule has 0 radical (unpaired) electrons. The number of hydrogen-bond donors (Lipinski definition) is 2. The van der Waals surface area contributed by atoms with Gasteiger partial charge in [-0.1, -0.05) is 0 Å². The molecule has 7 heteroatoms. The molecule has 1 atom stereocenters. The summed E-state index contributed by atoms with van der Waals surface area (Å²) in [6.07, 6.45) is 0.993. The zero-order valence-corrected chi connectivity index (χ0v) is 10.8. The van der Waals surface area contributed by atoms with Crippen molar-refractivity contribution in [3.63, 3.8) is 0 Å². The molecule has 1 aliphatic carbocycles. The normalized spacial score (nSPS) is 16.1. The van der Waals surface area contributed by atoms with Crippen LogP contribution >= 0.6 is 0 Å². The molecule has 1 unspecified atom stereocenters. The molecule has 104 valence electrons. The molecule has 2 N–H and O–H groups in total. The summed E-state index contributed by atoms with van der Waals surface area (Å²) in [6, 6.07) is 0. The van der Waals surface area contributed by atoms with E-state index in [1.165, 1.54) is 7.11 Å². The SMILES string of the molecule is COC(CNC(=O)c1oc(C2CC2)nc1C)C(=O)O. The van der Waals surface area contributed by atoms with Crippen LogP contribution in [0.5, 0.6) is 0 Å². The third kappa shape index (κ3) is 3.11. The lowest BCUT2D eigenvalue weighted by Gasteiger charge is -2.10. The van der Waals surface area contributed by atoms with Gasteiger partial charge in [-0.15, -0.1) is 0 Å². The predicted molar refractivity (Wildman–Crippen MR) is 64.0 cm³/mol. The second-order valence-electron chi connectivity index (χ2n) is 4.51. The van der Waals surface area contributed by atoms with Gasteiger partial charge < -0.3 is 19.6 Å². The Bertz CT molecular complexity index is 492. The van der Waals surface area contributed by atoms with E-state index < -0.39 is 18.0 Å². The molecule has 0 bridgehead atoms. The number of carboxylic acid groups (broad SMARTS) is 1. The first-order chi connectivity index (χ1) is 9.02. The third-order valence-corrected chi connectivity index (χ3v) is 2.95. The largest absolute Gasteiger partial charge is 0.479 e. The maximum absolute atomic E-state index is 11.9. The predicted octanol–water partition coefficient (Wildman–Crippen LogP) is 0.690. The van der Waals surface area contributed by atoms with Crippen LogP contribution in [0.3, 0.4) is 0 Å². The number of aryl methyl sites for hydroxylation is 1. The van der Waals surface area contributed by atoms with E-state index in [-0.39, 0.29) is 12.3 Å². The van der Waals surface area contributed by atoms with Gasteiger partial charge in [-0.25, -0.2) is 9.78 Å². The van der Waals surface area contributed by atoms with Crippen LogP contribution in [-0.4, -0.2) is 41.7 Å². The van der Waals surface area contributed by atoms with Crippen LogP contribution in [-0.2, 0) is 9.53 Å². The summed E-state index contributed by atoms with van der Waals surface area (Å²) >= 11 is 0. The summed E-state index contributed by atoms with van der Waals surface area (Å²) in [4.78, 5) is 26.8. The van der Waals surface area contributed by atoms with Gasteiger partial charge in [-0.2, -0.15) is 0 Å². The molecule has 1 aliphatic rings. The average molecular weight is 268 g/mol. The van der Waals surface area contributed by atoms with Crippen molar-refractivity contribution >= 4 is 11.9 Å². The molecule has 0 saturated heterocycles. The molecule has 1 aromatic rings. The number of nitrogens with one attached hydrogen (secondary N) is 1. The fourth-order valence-corrected chi connectivity index (χ4v) is 1.67. The minimum absolute atomic E-state index is 0.121. The lowest BCUT2D eigenvalue weighted by atomic mass is 10.3. The number of ether oxygens (including phenoxy) is 1. The molecule has 0 aliphatic heterocycles. The van der Waals surface area contributed by atoms with Gasteiger partial charge in [0.05, 0.1) is 12.2 Å². The van der Waals surface area contributed by atoms with Gasteiger partial charge in [0.15, 0.2) is 12.0 Å². The minimum atomic E-state index is -1.13. The molecule has 1 aromatic heterocycles. The van der Waals surface area contributed by atoms with Gasteiger partial charge in [0, 0.05) is 13.0 Å². The number of carbonyl (C=O) groups is 2. The number of nitrogens with zero attached hydrogens (tertiary/aromatic N) is 1. The zero-order chi connectivity index (χ0) is 14.0. The van der Waals surface area contributed by atoms with Crippen molar-refractivity contribution in [1.29, 1.82) is 0 Å². The van der Waals surface area contributed by atoms with E-state index in [4.69, 9.17) is 14.3 Å². The van der Waals surface area contributed by atoms with Crippen LogP contribution in [0.25, 0.3) is 0 Å². The Labute approximate surface area is 110 Å². The summed E-state index contributed by atoms with van der Waals surface area (Å²) in [5.74, 6) is -0.548. The number of aliphatic carboxylic acids is 1. The van der Waals surface area contributed by atoms with E-state index in [9.17, 15) is 9.59 Å². The number of methoxy groups -OCH3 is 1. The van der Waals surface area contributed by atoms with Gasteiger partial charge in [0.2, 0.25) is 5.76 Å². The Balaban J connectivity index is 1.97. The highest BCUT2D eigenvalue weighted by atomic mass is 16.5. The van der Waals surface area contributed by atoms with E-state index in [1.807, 2.05) is 0 Å². The Morgan fingerprint density at radius 3 is 2.79 bits per heavy atom. The topological polar surface area (TPSA) is 102 Å². The van der Waals surface area contributed by atoms with Gasteiger partial charge in [-0.3, -0.25) is 4.79 Å². The van der Waals surface area contributed by atoms with Crippen molar-refractivity contribution in [2.75, 3.05) is 13.7 Å². The van der Waals surface area contributed by atoms with Crippen molar-refractivity contribution in [3.05, 3.63) is 17.3 Å². The molecule has 2 rings (SSSR count). The summed E-state index contributed by atoms with van der Waals surface area (Å²) in [7, 11) is 1.27. The zero-order valence-electron chi connectivity index (χ0n) is 10.8. The lowest BCUT2D eigenvalue weighted by molar-refractivity contribution is -0.148. The average Bonchev–Trinajstić information content (AvgIpc) is 3.13. The van der Waals surface area contributed by atoms with Gasteiger partial charge in [0.25, 0.3) is 5.91 Å². The number of aromatic nitrogens is 1. The highest BCUT2D eigenvalue weighted by molar-refractivity contribution is 5.92. The van der Waals surface area contributed by atoms with E-state index >= 15 is 0 Å². The Kier molecular flexibility index (Phi) is 3.84. The number of carbonyl (C=O) groups excluding carboxylic acids is 1. The number of rotatable bonds is 6. The van der Waals surface area contributed by atoms with E-state index in [2.05, 4.69) is 10.3 Å². The standard InChI is InChI=1S/C12H16N2O5/c1-6-9(19-11(14-6)7-3-4-7)10(15)13-5-8(18-2)12(16)17/h7-8H,3-5H2,1-2H3,(H,13,15)(H,16,17). The monoisotopic (exact) mass is 268 g/mol. The minimum Gasteiger partial charge on any atom is -0.479 e. The van der Waals surface area contributed by atoms with Crippen LogP contribution in [0.2, 0.25) is 0 Å². The van der Waals surface area contributed by atoms with Crippen LogP contribution in [0, 0.1) is 6.92 Å². The first kappa shape index (κ1) is 13.5. The summed E-state index contributed by atoms with van der Waals surface area (Å²) in [5, 5.41) is 11.3. The summed E-state index contributed by atoms with van der Waals surface area (Å²) < 4.78 is 10.1. The Morgan fingerprint density at radius 2 is 2.26 bits per heavy atom. The highest BCUT2D eigenvalue weighted by Gasteiger charge is 2.31. The smallest absolute Gasteiger partial charge is 0.334 e. The molecule has 1 fully saturated rings. The lowest BCUT2D eigenvalue weighted by Crippen LogP contribution is -2.37. The quantitative estimate of drug-likeness (QED) is 0.787. The number of hydrogen-bond acceptors (Lipinski definition) is 5. The third-order valence-electron chi connectivity index (χ3n) is 2.95. The van der Waals surface area contributed by atoms with Crippen molar-refractivity contribution in [1.82, 2.24) is 10.3 Å². The number of carboxylic acids is 1. The molecule has 7 nitrogen and oxygen atoms in total. The highest BCUT2D eigenvalue weighted by Crippen LogP contribution is 2.39. The van der Waals surface area contributed by atoms with Gasteiger partial charge in [-0.05, 0) is 19.8 Å². The summed E-state index contributed by atoms with van der Waals surface area (Å²) in [5.41, 5.74) is 0.517. The molecular formula is C12H16N2O5. The maximum atomic E-state index is 11.9. The van der Waals surface area contributed by atoms with Crippen LogP contribution in [0.1, 0.15) is 40.9 Å². The molecule has 19 heavy (non-hydrogen) atoms. The maximum Gasteiger partial charge on any atom is 0.334 e. The molecule has 0 aromatic carbocycles. The second-order valence-corrected chi connectivity index (χ2v) is 4.51. The first-order valence-corrected chi connectivity index (χ1v) is 6.04. The summed E-state index contributed by atoms with van der Waals surface area (Å²) in [6.45, 7) is 1.57. The molecular weight excluding hydrogens is 252 g/mol. The Hall–Kier alpha value is -1.89. The van der Waals surface area contributed by atoms with Crippen molar-refractivity contribution in [2.24, 2.45) is 0 Å². The van der Waals surface area contributed by atoms with Gasteiger partial charge >= 0.3 is 5.97 Å². The molecule has 0 spiro atoms. The second kappa shape index (κ2) is 5.40. The van der Waals surface area contributed by atoms with Gasteiger partial charge in [0.1, 0.15) is 0 Å². The number of oxazole rings is 1. The van der Waals surface area contributed by atoms with Crippen molar-refractivity contribution in [3.8, 4) is 0 Å². The molecule has 1 saturated carbocycles. The van der Waals surface area contributed by atoms with E-state index in [0.29, 0.717) is 17.5 Å². The van der Waals surface area contributed by atoms with Crippen LogP contribution in [0.4, 0.5) is 0 Å². The fraction of sp³-hybridized carbons (Fsp3) is 0.583. The van der Waals surface area contributed by atoms with Crippen LogP contribution < -0.4 is 5.32 Å².